The molecule has 0 radical (unpaired) electrons. The monoisotopic (exact) mass is 314 g/mol. The molecule has 0 bridgehead atoms. The van der Waals surface area contributed by atoms with Gasteiger partial charge in [-0.2, -0.15) is 0 Å². The van der Waals surface area contributed by atoms with E-state index in [0.29, 0.717) is 10.0 Å². The molecular formula is C17H12Cl2N2. The fourth-order valence-electron chi connectivity index (χ4n) is 2.82. The van der Waals surface area contributed by atoms with E-state index in [4.69, 9.17) is 23.2 Å². The third kappa shape index (κ3) is 2.11. The van der Waals surface area contributed by atoms with Crippen LogP contribution in [0.4, 0.5) is 11.4 Å². The Morgan fingerprint density at radius 1 is 0.810 bits per heavy atom. The van der Waals surface area contributed by atoms with E-state index in [1.807, 2.05) is 12.1 Å². The first-order valence-corrected chi connectivity index (χ1v) is 7.48. The van der Waals surface area contributed by atoms with E-state index in [1.165, 1.54) is 10.8 Å². The quantitative estimate of drug-likeness (QED) is 0.603. The van der Waals surface area contributed by atoms with Crippen molar-refractivity contribution in [3.05, 3.63) is 70.2 Å². The van der Waals surface area contributed by atoms with Gasteiger partial charge in [-0.3, -0.25) is 0 Å². The van der Waals surface area contributed by atoms with E-state index in [9.17, 15) is 0 Å². The first kappa shape index (κ1) is 12.8. The Balaban J connectivity index is 1.83. The maximum absolute atomic E-state index is 6.33. The van der Waals surface area contributed by atoms with Gasteiger partial charge in [-0.15, -0.1) is 0 Å². The fraction of sp³-hybridized carbons (Fsp3) is 0.0588. The minimum atomic E-state index is -0.0738. The number of rotatable bonds is 1. The van der Waals surface area contributed by atoms with Crippen LogP contribution in [0, 0.1) is 0 Å². The van der Waals surface area contributed by atoms with Crippen LogP contribution in [0.15, 0.2) is 54.6 Å². The SMILES string of the molecule is Clc1ccc(C2Nc3cccc4cccc(c34)N2)c(Cl)c1. The summed E-state index contributed by atoms with van der Waals surface area (Å²) in [5, 5.41) is 10.7. The molecule has 0 spiro atoms. The molecule has 0 aromatic heterocycles. The molecule has 3 aromatic carbocycles. The Morgan fingerprint density at radius 3 is 2.10 bits per heavy atom. The Labute approximate surface area is 132 Å². The average molecular weight is 315 g/mol. The van der Waals surface area contributed by atoms with Crippen LogP contribution in [0.1, 0.15) is 11.7 Å². The maximum Gasteiger partial charge on any atom is 0.125 e. The first-order valence-electron chi connectivity index (χ1n) is 6.72. The summed E-state index contributed by atoms with van der Waals surface area (Å²) in [6, 6.07) is 18.1. The normalized spacial score (nSPS) is 13.8. The highest BCUT2D eigenvalue weighted by atomic mass is 35.5. The van der Waals surface area contributed by atoms with Crippen LogP contribution in [0.25, 0.3) is 10.8 Å². The van der Waals surface area contributed by atoms with Crippen LogP contribution >= 0.6 is 23.2 Å². The Morgan fingerprint density at radius 2 is 1.48 bits per heavy atom. The van der Waals surface area contributed by atoms with Crippen molar-refractivity contribution < 1.29 is 0 Å². The standard InChI is InChI=1S/C17H12Cl2N2/c18-11-7-8-12(13(19)9-11)17-20-14-5-1-3-10-4-2-6-15(21-17)16(10)14/h1-9,17,20-21H. The lowest BCUT2D eigenvalue weighted by Gasteiger charge is -2.30. The van der Waals surface area contributed by atoms with Crippen LogP contribution < -0.4 is 10.6 Å². The molecule has 4 rings (SSSR count). The smallest absolute Gasteiger partial charge is 0.125 e. The molecule has 21 heavy (non-hydrogen) atoms. The number of nitrogens with one attached hydrogen (secondary N) is 2. The molecule has 2 N–H and O–H groups in total. The molecule has 0 unspecified atom stereocenters. The zero-order chi connectivity index (χ0) is 14.4. The molecule has 1 aliphatic rings. The number of halogens is 2. The highest BCUT2D eigenvalue weighted by Crippen LogP contribution is 2.39. The summed E-state index contributed by atoms with van der Waals surface area (Å²) in [6.07, 6.45) is -0.0738. The number of hydrogen-bond donors (Lipinski definition) is 2. The van der Waals surface area contributed by atoms with Gasteiger partial charge in [0.25, 0.3) is 0 Å². The molecule has 3 aromatic rings. The van der Waals surface area contributed by atoms with Gasteiger partial charge in [0.15, 0.2) is 0 Å². The predicted molar refractivity (Wildman–Crippen MR) is 90.4 cm³/mol. The van der Waals surface area contributed by atoms with E-state index >= 15 is 0 Å². The van der Waals surface area contributed by atoms with Crippen molar-refractivity contribution in [3.8, 4) is 0 Å². The summed E-state index contributed by atoms with van der Waals surface area (Å²) >= 11 is 12.3. The van der Waals surface area contributed by atoms with Crippen molar-refractivity contribution in [2.24, 2.45) is 0 Å². The van der Waals surface area contributed by atoms with Crippen molar-refractivity contribution in [3.63, 3.8) is 0 Å². The molecule has 2 nitrogen and oxygen atoms in total. The Kier molecular flexibility index (Phi) is 2.95. The highest BCUT2D eigenvalue weighted by Gasteiger charge is 2.21. The summed E-state index contributed by atoms with van der Waals surface area (Å²) in [7, 11) is 0. The fourth-order valence-corrected chi connectivity index (χ4v) is 3.34. The lowest BCUT2D eigenvalue weighted by atomic mass is 10.0. The summed E-state index contributed by atoms with van der Waals surface area (Å²) in [5.74, 6) is 0. The lowest BCUT2D eigenvalue weighted by Crippen LogP contribution is -2.23. The van der Waals surface area contributed by atoms with Crippen LogP contribution in [0.3, 0.4) is 0 Å². The van der Waals surface area contributed by atoms with E-state index in [2.05, 4.69) is 47.0 Å². The molecule has 1 heterocycles. The van der Waals surface area contributed by atoms with Crippen molar-refractivity contribution in [1.82, 2.24) is 0 Å². The second kappa shape index (κ2) is 4.83. The molecule has 0 amide bonds. The van der Waals surface area contributed by atoms with Crippen LogP contribution in [0.2, 0.25) is 10.0 Å². The Hall–Kier alpha value is -1.90. The molecule has 1 aliphatic heterocycles. The average Bonchev–Trinajstić information content (AvgIpc) is 2.47. The predicted octanol–water partition coefficient (Wildman–Crippen LogP) is 5.68. The first-order chi connectivity index (χ1) is 10.2. The molecule has 4 heteroatoms. The number of anilines is 2. The molecule has 0 saturated carbocycles. The zero-order valence-electron chi connectivity index (χ0n) is 11.0. The number of hydrogen-bond acceptors (Lipinski definition) is 2. The van der Waals surface area contributed by atoms with Crippen molar-refractivity contribution in [1.29, 1.82) is 0 Å². The van der Waals surface area contributed by atoms with E-state index in [1.54, 1.807) is 6.07 Å². The van der Waals surface area contributed by atoms with Gasteiger partial charge in [0.2, 0.25) is 0 Å². The highest BCUT2D eigenvalue weighted by molar-refractivity contribution is 6.35. The molecule has 104 valence electrons. The van der Waals surface area contributed by atoms with Gasteiger partial charge in [0.05, 0.1) is 0 Å². The minimum absolute atomic E-state index is 0.0738. The second-order valence-corrected chi connectivity index (χ2v) is 5.94. The summed E-state index contributed by atoms with van der Waals surface area (Å²) in [4.78, 5) is 0. The van der Waals surface area contributed by atoms with Gasteiger partial charge in [0, 0.05) is 32.4 Å². The molecule has 0 atom stereocenters. The summed E-state index contributed by atoms with van der Waals surface area (Å²) in [6.45, 7) is 0. The van der Waals surface area contributed by atoms with Gasteiger partial charge < -0.3 is 10.6 Å². The Bertz CT molecular complexity index is 805. The van der Waals surface area contributed by atoms with Gasteiger partial charge in [-0.1, -0.05) is 53.5 Å². The lowest BCUT2D eigenvalue weighted by molar-refractivity contribution is 0.897. The third-order valence-electron chi connectivity index (χ3n) is 3.78. The van der Waals surface area contributed by atoms with Crippen molar-refractivity contribution in [2.45, 2.75) is 6.17 Å². The van der Waals surface area contributed by atoms with Crippen LogP contribution in [0.5, 0.6) is 0 Å². The molecule has 0 saturated heterocycles. The molecule has 0 aliphatic carbocycles. The van der Waals surface area contributed by atoms with E-state index in [0.717, 1.165) is 16.9 Å². The largest absolute Gasteiger partial charge is 0.361 e. The summed E-state index contributed by atoms with van der Waals surface area (Å²) in [5.41, 5.74) is 3.20. The maximum atomic E-state index is 6.33. The topological polar surface area (TPSA) is 24.1 Å². The van der Waals surface area contributed by atoms with Gasteiger partial charge in [-0.25, -0.2) is 0 Å². The van der Waals surface area contributed by atoms with Gasteiger partial charge in [-0.05, 0) is 29.7 Å². The van der Waals surface area contributed by atoms with Crippen molar-refractivity contribution >= 4 is 45.3 Å². The zero-order valence-corrected chi connectivity index (χ0v) is 12.5. The second-order valence-electron chi connectivity index (χ2n) is 5.10. The van der Waals surface area contributed by atoms with Gasteiger partial charge in [0.1, 0.15) is 6.17 Å². The summed E-state index contributed by atoms with van der Waals surface area (Å²) < 4.78 is 0. The van der Waals surface area contributed by atoms with Crippen molar-refractivity contribution in [2.75, 3.05) is 10.6 Å². The van der Waals surface area contributed by atoms with Crippen LogP contribution in [-0.4, -0.2) is 0 Å². The molecular weight excluding hydrogens is 303 g/mol. The third-order valence-corrected chi connectivity index (χ3v) is 4.34. The van der Waals surface area contributed by atoms with E-state index in [-0.39, 0.29) is 6.17 Å². The molecule has 0 fully saturated rings. The number of benzene rings is 3. The van der Waals surface area contributed by atoms with Crippen LogP contribution in [-0.2, 0) is 0 Å². The minimum Gasteiger partial charge on any atom is -0.361 e. The van der Waals surface area contributed by atoms with Gasteiger partial charge >= 0.3 is 0 Å². The van der Waals surface area contributed by atoms with E-state index < -0.39 is 0 Å².